The number of aromatic nitrogens is 2. The smallest absolute Gasteiger partial charge is 0.122 e. The van der Waals surface area contributed by atoms with Crippen LogP contribution in [0.3, 0.4) is 0 Å². The fraction of sp³-hybridized carbons (Fsp3) is 0.438. The highest BCUT2D eigenvalue weighted by Crippen LogP contribution is 2.27. The van der Waals surface area contributed by atoms with Crippen molar-refractivity contribution in [3.05, 3.63) is 46.8 Å². The molecule has 0 saturated heterocycles. The molecular weight excluding hydrogens is 250 g/mol. The van der Waals surface area contributed by atoms with E-state index in [0.717, 1.165) is 42.9 Å². The molecule has 0 amide bonds. The van der Waals surface area contributed by atoms with Gasteiger partial charge in [0.2, 0.25) is 0 Å². The molecule has 0 bridgehead atoms. The van der Waals surface area contributed by atoms with Crippen molar-refractivity contribution >= 4 is 0 Å². The first kappa shape index (κ1) is 13.2. The molecule has 0 spiro atoms. The highest BCUT2D eigenvalue weighted by atomic mass is 16.5. The van der Waals surface area contributed by atoms with E-state index in [1.54, 1.807) is 0 Å². The van der Waals surface area contributed by atoms with Crippen LogP contribution in [0.25, 0.3) is 0 Å². The summed E-state index contributed by atoms with van der Waals surface area (Å²) in [6, 6.07) is 6.53. The van der Waals surface area contributed by atoms with Crippen LogP contribution in [0.5, 0.6) is 5.75 Å². The molecule has 2 heterocycles. The predicted octanol–water partition coefficient (Wildman–Crippen LogP) is 2.30. The molecule has 0 saturated carbocycles. The first-order valence-electron chi connectivity index (χ1n) is 7.14. The number of nitrogens with two attached hydrogens (primary N) is 1. The van der Waals surface area contributed by atoms with Crippen LogP contribution in [-0.2, 0) is 19.9 Å². The Morgan fingerprint density at radius 2 is 2.30 bits per heavy atom. The van der Waals surface area contributed by atoms with Crippen molar-refractivity contribution in [1.29, 1.82) is 0 Å². The summed E-state index contributed by atoms with van der Waals surface area (Å²) >= 11 is 0. The maximum Gasteiger partial charge on any atom is 0.122 e. The van der Waals surface area contributed by atoms with Crippen molar-refractivity contribution in [2.45, 2.75) is 32.2 Å². The third-order valence-corrected chi connectivity index (χ3v) is 4.17. The van der Waals surface area contributed by atoms with E-state index in [0.29, 0.717) is 0 Å². The van der Waals surface area contributed by atoms with Gasteiger partial charge in [0.25, 0.3) is 0 Å². The molecule has 1 unspecified atom stereocenters. The zero-order chi connectivity index (χ0) is 14.1. The van der Waals surface area contributed by atoms with Gasteiger partial charge in [-0.3, -0.25) is 4.68 Å². The monoisotopic (exact) mass is 271 g/mol. The summed E-state index contributed by atoms with van der Waals surface area (Å²) in [5.74, 6) is 1.04. The third kappa shape index (κ3) is 2.43. The zero-order valence-corrected chi connectivity index (χ0v) is 12.1. The van der Waals surface area contributed by atoms with Gasteiger partial charge in [-0.15, -0.1) is 0 Å². The third-order valence-electron chi connectivity index (χ3n) is 4.17. The van der Waals surface area contributed by atoms with E-state index in [1.165, 1.54) is 11.1 Å². The van der Waals surface area contributed by atoms with Gasteiger partial charge >= 0.3 is 0 Å². The lowest BCUT2D eigenvalue weighted by molar-refractivity contribution is 0.357. The molecule has 0 aliphatic carbocycles. The lowest BCUT2D eigenvalue weighted by atomic mass is 9.99. The fourth-order valence-electron chi connectivity index (χ4n) is 2.75. The Balaban J connectivity index is 1.66. The topological polar surface area (TPSA) is 53.1 Å². The molecule has 1 atom stereocenters. The maximum absolute atomic E-state index is 6.29. The number of nitrogens with zero attached hydrogens (tertiary/aromatic N) is 2. The van der Waals surface area contributed by atoms with E-state index < -0.39 is 0 Å². The van der Waals surface area contributed by atoms with Gasteiger partial charge < -0.3 is 10.5 Å². The lowest BCUT2D eigenvalue weighted by Crippen LogP contribution is -2.12. The van der Waals surface area contributed by atoms with Crippen LogP contribution < -0.4 is 10.5 Å². The Kier molecular flexibility index (Phi) is 3.49. The number of aryl methyl sites for hydroxylation is 2. The second kappa shape index (κ2) is 5.29. The van der Waals surface area contributed by atoms with Crippen molar-refractivity contribution in [1.82, 2.24) is 9.78 Å². The summed E-state index contributed by atoms with van der Waals surface area (Å²) in [6.45, 7) is 2.88. The van der Waals surface area contributed by atoms with Crippen LogP contribution in [0.1, 0.15) is 34.8 Å². The summed E-state index contributed by atoms with van der Waals surface area (Å²) in [6.07, 6.45) is 4.84. The van der Waals surface area contributed by atoms with E-state index in [-0.39, 0.29) is 6.04 Å². The number of ether oxygens (including phenoxy) is 1. The number of hydrogen-bond donors (Lipinski definition) is 1. The van der Waals surface area contributed by atoms with Crippen molar-refractivity contribution in [2.75, 3.05) is 6.61 Å². The fourth-order valence-corrected chi connectivity index (χ4v) is 2.75. The van der Waals surface area contributed by atoms with Gasteiger partial charge in [-0.05, 0) is 37.0 Å². The summed E-state index contributed by atoms with van der Waals surface area (Å²) in [4.78, 5) is 0. The summed E-state index contributed by atoms with van der Waals surface area (Å²) < 4.78 is 7.41. The second-order valence-electron chi connectivity index (χ2n) is 5.49. The Morgan fingerprint density at radius 3 is 3.05 bits per heavy atom. The molecule has 3 rings (SSSR count). The molecule has 106 valence electrons. The average Bonchev–Trinajstić information content (AvgIpc) is 3.03. The number of fused-ring (bicyclic) bond motifs is 1. The van der Waals surface area contributed by atoms with Gasteiger partial charge in [-0.1, -0.05) is 12.1 Å². The standard InChI is InChI=1S/C16H21N3O/c1-11-14(10-18-19(11)2)15(17)5-3-12-4-6-16-13(9-12)7-8-20-16/h4,6,9-10,15H,3,5,7-8,17H2,1-2H3. The lowest BCUT2D eigenvalue weighted by Gasteiger charge is -2.12. The average molecular weight is 271 g/mol. The summed E-state index contributed by atoms with van der Waals surface area (Å²) in [7, 11) is 1.95. The Hall–Kier alpha value is -1.81. The Labute approximate surface area is 119 Å². The molecule has 2 N–H and O–H groups in total. The number of hydrogen-bond acceptors (Lipinski definition) is 3. The van der Waals surface area contributed by atoms with Gasteiger partial charge in [0.05, 0.1) is 12.8 Å². The minimum absolute atomic E-state index is 0.0493. The molecule has 1 aromatic carbocycles. The quantitative estimate of drug-likeness (QED) is 0.928. The minimum Gasteiger partial charge on any atom is -0.493 e. The minimum atomic E-state index is 0.0493. The summed E-state index contributed by atoms with van der Waals surface area (Å²) in [5, 5.41) is 4.26. The summed E-state index contributed by atoms with van der Waals surface area (Å²) in [5.41, 5.74) is 11.3. The van der Waals surface area contributed by atoms with E-state index in [1.807, 2.05) is 17.9 Å². The van der Waals surface area contributed by atoms with E-state index >= 15 is 0 Å². The van der Waals surface area contributed by atoms with Crippen LogP contribution >= 0.6 is 0 Å². The Bertz CT molecular complexity index is 618. The number of rotatable bonds is 4. The van der Waals surface area contributed by atoms with Crippen LogP contribution in [0.15, 0.2) is 24.4 Å². The van der Waals surface area contributed by atoms with Crippen molar-refractivity contribution in [2.24, 2.45) is 12.8 Å². The van der Waals surface area contributed by atoms with Crippen LogP contribution in [-0.4, -0.2) is 16.4 Å². The molecule has 1 aromatic heterocycles. The molecule has 0 fully saturated rings. The van der Waals surface area contributed by atoms with Gasteiger partial charge in [-0.25, -0.2) is 0 Å². The maximum atomic E-state index is 6.29. The largest absolute Gasteiger partial charge is 0.493 e. The molecule has 0 radical (unpaired) electrons. The predicted molar refractivity (Wildman–Crippen MR) is 78.8 cm³/mol. The highest BCUT2D eigenvalue weighted by molar-refractivity contribution is 5.39. The van der Waals surface area contributed by atoms with E-state index in [9.17, 15) is 0 Å². The van der Waals surface area contributed by atoms with Crippen molar-refractivity contribution < 1.29 is 4.74 Å². The Morgan fingerprint density at radius 1 is 1.45 bits per heavy atom. The van der Waals surface area contributed by atoms with Crippen molar-refractivity contribution in [3.8, 4) is 5.75 Å². The highest BCUT2D eigenvalue weighted by Gasteiger charge is 2.15. The first-order valence-corrected chi connectivity index (χ1v) is 7.14. The molecule has 4 heteroatoms. The molecular formula is C16H21N3O. The first-order chi connectivity index (χ1) is 9.65. The second-order valence-corrected chi connectivity index (χ2v) is 5.49. The van der Waals surface area contributed by atoms with Crippen LogP contribution in [0, 0.1) is 6.92 Å². The van der Waals surface area contributed by atoms with Gasteiger partial charge in [0, 0.05) is 30.8 Å². The van der Waals surface area contributed by atoms with E-state index in [4.69, 9.17) is 10.5 Å². The molecule has 1 aliphatic rings. The number of benzene rings is 1. The normalized spacial score (nSPS) is 14.9. The van der Waals surface area contributed by atoms with Gasteiger partial charge in [0.15, 0.2) is 0 Å². The molecule has 4 nitrogen and oxygen atoms in total. The molecule has 2 aromatic rings. The van der Waals surface area contributed by atoms with Crippen LogP contribution in [0.4, 0.5) is 0 Å². The van der Waals surface area contributed by atoms with Crippen LogP contribution in [0.2, 0.25) is 0 Å². The molecule has 1 aliphatic heterocycles. The SMILES string of the molecule is Cc1c(C(N)CCc2ccc3c(c2)CCO3)cnn1C. The van der Waals surface area contributed by atoms with Gasteiger partial charge in [-0.2, -0.15) is 5.10 Å². The molecule has 20 heavy (non-hydrogen) atoms. The zero-order valence-electron chi connectivity index (χ0n) is 12.1. The van der Waals surface area contributed by atoms with E-state index in [2.05, 4.69) is 30.2 Å². The van der Waals surface area contributed by atoms with Gasteiger partial charge in [0.1, 0.15) is 5.75 Å². The van der Waals surface area contributed by atoms with Crippen molar-refractivity contribution in [3.63, 3.8) is 0 Å².